The molecule has 0 spiro atoms. The lowest BCUT2D eigenvalue weighted by molar-refractivity contribution is 0.102. The maximum atomic E-state index is 12.7. The third-order valence-electron chi connectivity index (χ3n) is 3.93. The molecule has 0 saturated carbocycles. The van der Waals surface area contributed by atoms with Gasteiger partial charge in [-0.1, -0.05) is 35.5 Å². The van der Waals surface area contributed by atoms with Gasteiger partial charge in [0.2, 0.25) is 0 Å². The molecule has 4 aromatic rings. The molecule has 1 N–H and O–H groups in total. The van der Waals surface area contributed by atoms with Crippen LogP contribution in [0.2, 0.25) is 0 Å². The second-order valence-electron chi connectivity index (χ2n) is 5.87. The highest BCUT2D eigenvalue weighted by Gasteiger charge is 2.18. The maximum Gasteiger partial charge on any atom is 0.258 e. The van der Waals surface area contributed by atoms with Crippen LogP contribution < -0.4 is 5.32 Å². The second-order valence-corrected chi connectivity index (χ2v) is 5.87. The molecule has 0 saturated heterocycles. The van der Waals surface area contributed by atoms with Gasteiger partial charge in [-0.15, -0.1) is 0 Å². The maximum absolute atomic E-state index is 12.7. The first kappa shape index (κ1) is 15.9. The van der Waals surface area contributed by atoms with E-state index in [0.29, 0.717) is 39.6 Å². The van der Waals surface area contributed by atoms with Gasteiger partial charge in [0.1, 0.15) is 0 Å². The Morgan fingerprint density at radius 3 is 2.54 bits per heavy atom. The number of hydrogen-bond acceptors (Lipinski definition) is 6. The van der Waals surface area contributed by atoms with Crippen LogP contribution in [-0.4, -0.2) is 26.0 Å². The van der Waals surface area contributed by atoms with Crippen molar-refractivity contribution < 1.29 is 9.32 Å². The number of carbonyl (C=O) groups is 1. The first-order chi connectivity index (χ1) is 12.6. The number of benzene rings is 1. The fourth-order valence-corrected chi connectivity index (χ4v) is 2.72. The largest absolute Gasteiger partial charge is 0.336 e. The highest BCUT2D eigenvalue weighted by molar-refractivity contribution is 6.12. The minimum absolute atomic E-state index is 0.289. The van der Waals surface area contributed by atoms with Gasteiger partial charge in [-0.3, -0.25) is 4.79 Å². The molecule has 1 amide bonds. The van der Waals surface area contributed by atoms with Gasteiger partial charge in [0, 0.05) is 11.3 Å². The highest BCUT2D eigenvalue weighted by Crippen LogP contribution is 2.23. The van der Waals surface area contributed by atoms with Crippen LogP contribution in [0.25, 0.3) is 22.5 Å². The minimum atomic E-state index is -0.289. The molecule has 0 bridgehead atoms. The molecule has 1 aromatic carbocycles. The number of carbonyl (C=O) groups excluding carboxylic acids is 1. The summed E-state index contributed by atoms with van der Waals surface area (Å²) in [5.41, 5.74) is 3.52. The van der Waals surface area contributed by atoms with E-state index in [1.165, 1.54) is 0 Å². The first-order valence-electron chi connectivity index (χ1n) is 8.04. The van der Waals surface area contributed by atoms with Crippen LogP contribution in [0.4, 0.5) is 5.69 Å². The predicted octanol–water partition coefficient (Wildman–Crippen LogP) is 3.55. The van der Waals surface area contributed by atoms with Crippen LogP contribution in [0, 0.1) is 13.8 Å². The van der Waals surface area contributed by atoms with Crippen LogP contribution in [0.5, 0.6) is 0 Å². The summed E-state index contributed by atoms with van der Waals surface area (Å²) in [4.78, 5) is 25.6. The predicted molar refractivity (Wildman–Crippen MR) is 96.7 cm³/mol. The summed E-state index contributed by atoms with van der Waals surface area (Å²) in [6, 6.07) is 11.3. The van der Waals surface area contributed by atoms with Crippen LogP contribution in [0.15, 0.2) is 53.3 Å². The number of amides is 1. The average Bonchev–Trinajstić information content (AvgIpc) is 3.03. The zero-order chi connectivity index (χ0) is 18.1. The molecule has 7 heteroatoms. The van der Waals surface area contributed by atoms with E-state index < -0.39 is 0 Å². The number of aromatic nitrogens is 4. The molecule has 0 aliphatic carbocycles. The number of nitrogens with zero attached hydrogens (tertiary/aromatic N) is 4. The molecule has 0 aliphatic rings. The summed E-state index contributed by atoms with van der Waals surface area (Å²) < 4.78 is 5.17. The van der Waals surface area contributed by atoms with Gasteiger partial charge in [-0.2, -0.15) is 0 Å². The number of pyridine rings is 1. The number of fused-ring (bicyclic) bond motifs is 1. The molecule has 26 heavy (non-hydrogen) atoms. The number of nitrogens with one attached hydrogen (secondary N) is 1. The van der Waals surface area contributed by atoms with E-state index in [2.05, 4.69) is 25.4 Å². The van der Waals surface area contributed by atoms with Gasteiger partial charge in [0.05, 0.1) is 34.7 Å². The topological polar surface area (TPSA) is 93.8 Å². The first-order valence-corrected chi connectivity index (χ1v) is 8.04. The Kier molecular flexibility index (Phi) is 3.89. The number of anilines is 1. The van der Waals surface area contributed by atoms with E-state index in [-0.39, 0.29) is 5.91 Å². The number of aryl methyl sites for hydroxylation is 2. The molecule has 3 aromatic heterocycles. The molecule has 0 fully saturated rings. The summed E-state index contributed by atoms with van der Waals surface area (Å²) in [5.74, 6) is 0.309. The Morgan fingerprint density at radius 2 is 1.81 bits per heavy atom. The number of rotatable bonds is 3. The van der Waals surface area contributed by atoms with E-state index in [0.717, 1.165) is 5.56 Å². The van der Waals surface area contributed by atoms with Crippen molar-refractivity contribution in [3.63, 3.8) is 0 Å². The van der Waals surface area contributed by atoms with E-state index in [9.17, 15) is 4.79 Å². The molecule has 0 aliphatic heterocycles. The molecule has 0 atom stereocenters. The van der Waals surface area contributed by atoms with Crippen molar-refractivity contribution in [1.82, 2.24) is 20.1 Å². The van der Waals surface area contributed by atoms with E-state index in [1.807, 2.05) is 30.3 Å². The smallest absolute Gasteiger partial charge is 0.258 e. The van der Waals surface area contributed by atoms with Crippen molar-refractivity contribution in [3.05, 3.63) is 65.7 Å². The van der Waals surface area contributed by atoms with Crippen LogP contribution >= 0.6 is 0 Å². The van der Waals surface area contributed by atoms with Crippen molar-refractivity contribution >= 4 is 22.7 Å². The Balaban J connectivity index is 1.62. The molecular weight excluding hydrogens is 330 g/mol. The summed E-state index contributed by atoms with van der Waals surface area (Å²) in [6.45, 7) is 3.57. The van der Waals surface area contributed by atoms with Crippen LogP contribution in [0.1, 0.15) is 21.7 Å². The van der Waals surface area contributed by atoms with Crippen molar-refractivity contribution in [2.75, 3.05) is 5.32 Å². The lowest BCUT2D eigenvalue weighted by atomic mass is 10.1. The fourth-order valence-electron chi connectivity index (χ4n) is 2.72. The van der Waals surface area contributed by atoms with E-state index in [4.69, 9.17) is 4.52 Å². The van der Waals surface area contributed by atoms with Crippen molar-refractivity contribution in [1.29, 1.82) is 0 Å². The summed E-state index contributed by atoms with van der Waals surface area (Å²) >= 11 is 0. The Labute approximate surface area is 149 Å². The molecule has 0 radical (unpaired) electrons. The van der Waals surface area contributed by atoms with Gasteiger partial charge in [0.15, 0.2) is 5.82 Å². The normalized spacial score (nSPS) is 10.8. The molecular formula is C19H15N5O2. The van der Waals surface area contributed by atoms with Gasteiger partial charge in [0.25, 0.3) is 11.6 Å². The van der Waals surface area contributed by atoms with Crippen molar-refractivity contribution in [2.45, 2.75) is 13.8 Å². The van der Waals surface area contributed by atoms with Crippen LogP contribution in [0.3, 0.4) is 0 Å². The Hall–Kier alpha value is -3.61. The molecule has 128 valence electrons. The van der Waals surface area contributed by atoms with Gasteiger partial charge >= 0.3 is 0 Å². The third kappa shape index (κ3) is 2.90. The Bertz CT molecular complexity index is 1090. The molecule has 7 nitrogen and oxygen atoms in total. The fraction of sp³-hybridized carbons (Fsp3) is 0.105. The zero-order valence-electron chi connectivity index (χ0n) is 14.2. The zero-order valence-corrected chi connectivity index (χ0v) is 14.2. The van der Waals surface area contributed by atoms with Crippen molar-refractivity contribution in [2.24, 2.45) is 0 Å². The van der Waals surface area contributed by atoms with Gasteiger partial charge < -0.3 is 9.84 Å². The quantitative estimate of drug-likeness (QED) is 0.610. The standard InChI is InChI=1S/C19H15N5O2/c1-11-8-15(16-12(2)24-26-19(16)22-11)18(25)23-14-9-20-17(21-10-14)13-6-4-3-5-7-13/h3-10H,1-2H3,(H,23,25). The second kappa shape index (κ2) is 6.36. The minimum Gasteiger partial charge on any atom is -0.336 e. The molecule has 3 heterocycles. The van der Waals surface area contributed by atoms with E-state index >= 15 is 0 Å². The van der Waals surface area contributed by atoms with E-state index in [1.54, 1.807) is 32.3 Å². The molecule has 0 unspecified atom stereocenters. The monoisotopic (exact) mass is 345 g/mol. The summed E-state index contributed by atoms with van der Waals surface area (Å²) in [7, 11) is 0. The highest BCUT2D eigenvalue weighted by atomic mass is 16.5. The average molecular weight is 345 g/mol. The summed E-state index contributed by atoms with van der Waals surface area (Å²) in [6.07, 6.45) is 3.16. The Morgan fingerprint density at radius 1 is 1.08 bits per heavy atom. The lowest BCUT2D eigenvalue weighted by Crippen LogP contribution is -2.13. The number of hydrogen-bond donors (Lipinski definition) is 1. The molecule has 4 rings (SSSR count). The summed E-state index contributed by atoms with van der Waals surface area (Å²) in [5, 5.41) is 7.31. The van der Waals surface area contributed by atoms with Crippen LogP contribution in [-0.2, 0) is 0 Å². The van der Waals surface area contributed by atoms with Gasteiger partial charge in [-0.05, 0) is 19.9 Å². The van der Waals surface area contributed by atoms with Gasteiger partial charge in [-0.25, -0.2) is 15.0 Å². The lowest BCUT2D eigenvalue weighted by Gasteiger charge is -2.07. The van der Waals surface area contributed by atoms with Crippen molar-refractivity contribution in [3.8, 4) is 11.4 Å². The third-order valence-corrected chi connectivity index (χ3v) is 3.93. The SMILES string of the molecule is Cc1cc(C(=O)Nc2cnc(-c3ccccc3)nc2)c2c(C)noc2n1.